The van der Waals surface area contributed by atoms with E-state index in [0.717, 1.165) is 10.0 Å². The number of nitrogens with one attached hydrogen (secondary N) is 1. The Bertz CT molecular complexity index is 419. The van der Waals surface area contributed by atoms with Crippen LogP contribution in [0.25, 0.3) is 0 Å². The molecule has 0 aromatic heterocycles. The highest BCUT2D eigenvalue weighted by Gasteiger charge is 2.18. The van der Waals surface area contributed by atoms with Gasteiger partial charge in [0, 0.05) is 11.4 Å². The van der Waals surface area contributed by atoms with Crippen LogP contribution < -0.4 is 5.32 Å². The summed E-state index contributed by atoms with van der Waals surface area (Å²) in [6.45, 7) is 1.51. The summed E-state index contributed by atoms with van der Waals surface area (Å²) in [6, 6.07) is 6.48. The standard InChI is InChI=1S/C12H14BrNO4/c1-8(15)14-11(12(16)17)7-18-6-9-2-4-10(13)5-3-9/h2-5,11H,6-7H2,1H3,(H,14,15)(H,16,17). The molecular formula is C12H14BrNO4. The van der Waals surface area contributed by atoms with E-state index in [4.69, 9.17) is 9.84 Å². The van der Waals surface area contributed by atoms with Crippen LogP contribution in [0.1, 0.15) is 12.5 Å². The molecule has 98 valence electrons. The SMILES string of the molecule is CC(=O)NC(COCc1ccc(Br)cc1)C(=O)O. The van der Waals surface area contributed by atoms with Crippen molar-refractivity contribution in [2.24, 2.45) is 0 Å². The highest BCUT2D eigenvalue weighted by Crippen LogP contribution is 2.11. The summed E-state index contributed by atoms with van der Waals surface area (Å²) in [5.41, 5.74) is 0.935. The molecule has 1 aromatic carbocycles. The quantitative estimate of drug-likeness (QED) is 0.835. The molecule has 0 radical (unpaired) electrons. The summed E-state index contributed by atoms with van der Waals surface area (Å²) in [5.74, 6) is -1.50. The Morgan fingerprint density at radius 2 is 2.00 bits per heavy atom. The Kier molecular flexibility index (Phi) is 5.80. The van der Waals surface area contributed by atoms with Crippen molar-refractivity contribution in [2.45, 2.75) is 19.6 Å². The van der Waals surface area contributed by atoms with Gasteiger partial charge in [0.2, 0.25) is 5.91 Å². The van der Waals surface area contributed by atoms with Crippen LogP contribution in [0.3, 0.4) is 0 Å². The molecule has 6 heteroatoms. The summed E-state index contributed by atoms with van der Waals surface area (Å²) in [7, 11) is 0. The van der Waals surface area contributed by atoms with Crippen LogP contribution in [0.2, 0.25) is 0 Å². The average molecular weight is 316 g/mol. The number of carbonyl (C=O) groups is 2. The molecule has 0 bridgehead atoms. The van der Waals surface area contributed by atoms with Crippen LogP contribution in [0.4, 0.5) is 0 Å². The van der Waals surface area contributed by atoms with Crippen molar-refractivity contribution in [1.82, 2.24) is 5.32 Å². The van der Waals surface area contributed by atoms with Crippen molar-refractivity contribution in [3.05, 3.63) is 34.3 Å². The van der Waals surface area contributed by atoms with E-state index in [-0.39, 0.29) is 6.61 Å². The number of amides is 1. The number of hydrogen-bond acceptors (Lipinski definition) is 3. The van der Waals surface area contributed by atoms with Gasteiger partial charge in [-0.1, -0.05) is 28.1 Å². The van der Waals surface area contributed by atoms with E-state index in [0.29, 0.717) is 6.61 Å². The fourth-order valence-corrected chi connectivity index (χ4v) is 1.56. The molecule has 1 atom stereocenters. The van der Waals surface area contributed by atoms with Gasteiger partial charge in [0.05, 0.1) is 13.2 Å². The van der Waals surface area contributed by atoms with E-state index in [1.54, 1.807) is 0 Å². The third-order valence-electron chi connectivity index (χ3n) is 2.14. The Balaban J connectivity index is 2.41. The van der Waals surface area contributed by atoms with E-state index < -0.39 is 17.9 Å². The van der Waals surface area contributed by atoms with Crippen LogP contribution in [-0.4, -0.2) is 29.6 Å². The van der Waals surface area contributed by atoms with E-state index in [1.807, 2.05) is 24.3 Å². The van der Waals surface area contributed by atoms with E-state index in [1.165, 1.54) is 6.92 Å². The predicted molar refractivity (Wildman–Crippen MR) is 69.0 cm³/mol. The molecule has 2 N–H and O–H groups in total. The zero-order chi connectivity index (χ0) is 13.5. The van der Waals surface area contributed by atoms with Gasteiger partial charge in [0.1, 0.15) is 0 Å². The summed E-state index contributed by atoms with van der Waals surface area (Å²) in [4.78, 5) is 21.6. The first-order chi connectivity index (χ1) is 8.49. The number of ether oxygens (including phenoxy) is 1. The largest absolute Gasteiger partial charge is 0.480 e. The number of benzene rings is 1. The molecule has 0 spiro atoms. The summed E-state index contributed by atoms with van der Waals surface area (Å²) in [5, 5.41) is 11.2. The molecular weight excluding hydrogens is 302 g/mol. The zero-order valence-electron chi connectivity index (χ0n) is 9.85. The topological polar surface area (TPSA) is 75.6 Å². The highest BCUT2D eigenvalue weighted by atomic mass is 79.9. The fourth-order valence-electron chi connectivity index (χ4n) is 1.30. The van der Waals surface area contributed by atoms with Crippen molar-refractivity contribution >= 4 is 27.8 Å². The van der Waals surface area contributed by atoms with Gasteiger partial charge in [-0.05, 0) is 17.7 Å². The summed E-state index contributed by atoms with van der Waals surface area (Å²) in [6.07, 6.45) is 0. The molecule has 18 heavy (non-hydrogen) atoms. The van der Waals surface area contributed by atoms with Gasteiger partial charge in [0.15, 0.2) is 6.04 Å². The highest BCUT2D eigenvalue weighted by molar-refractivity contribution is 9.10. The molecule has 1 unspecified atom stereocenters. The smallest absolute Gasteiger partial charge is 0.328 e. The minimum atomic E-state index is -1.11. The number of rotatable bonds is 6. The first kappa shape index (κ1) is 14.7. The minimum Gasteiger partial charge on any atom is -0.480 e. The van der Waals surface area contributed by atoms with Crippen molar-refractivity contribution in [3.63, 3.8) is 0 Å². The molecule has 0 saturated carbocycles. The Morgan fingerprint density at radius 1 is 1.39 bits per heavy atom. The molecule has 1 amide bonds. The summed E-state index contributed by atoms with van der Waals surface area (Å²) >= 11 is 3.32. The lowest BCUT2D eigenvalue weighted by molar-refractivity contribution is -0.143. The first-order valence-electron chi connectivity index (χ1n) is 5.31. The number of aliphatic carboxylic acids is 1. The second-order valence-electron chi connectivity index (χ2n) is 3.73. The van der Waals surface area contributed by atoms with Gasteiger partial charge < -0.3 is 15.2 Å². The molecule has 0 aliphatic carbocycles. The average Bonchev–Trinajstić information content (AvgIpc) is 2.29. The van der Waals surface area contributed by atoms with Crippen molar-refractivity contribution in [3.8, 4) is 0 Å². The van der Waals surface area contributed by atoms with E-state index in [2.05, 4.69) is 21.2 Å². The number of carbonyl (C=O) groups excluding carboxylic acids is 1. The van der Waals surface area contributed by atoms with Crippen LogP contribution in [-0.2, 0) is 20.9 Å². The van der Waals surface area contributed by atoms with Crippen LogP contribution in [0, 0.1) is 0 Å². The number of hydrogen-bond donors (Lipinski definition) is 2. The molecule has 1 rings (SSSR count). The lowest BCUT2D eigenvalue weighted by Gasteiger charge is -2.13. The molecule has 0 heterocycles. The monoisotopic (exact) mass is 315 g/mol. The van der Waals surface area contributed by atoms with Gasteiger partial charge in [-0.2, -0.15) is 0 Å². The third kappa shape index (κ3) is 5.29. The van der Waals surface area contributed by atoms with Crippen LogP contribution in [0.15, 0.2) is 28.7 Å². The molecule has 0 fully saturated rings. The molecule has 1 aromatic rings. The molecule has 0 aliphatic rings. The Labute approximate surface area is 113 Å². The number of carboxylic acid groups (broad SMARTS) is 1. The first-order valence-corrected chi connectivity index (χ1v) is 6.10. The second kappa shape index (κ2) is 7.13. The van der Waals surface area contributed by atoms with Gasteiger partial charge in [0.25, 0.3) is 0 Å². The van der Waals surface area contributed by atoms with Gasteiger partial charge in [-0.25, -0.2) is 4.79 Å². The predicted octanol–water partition coefficient (Wildman–Crippen LogP) is 1.55. The van der Waals surface area contributed by atoms with E-state index >= 15 is 0 Å². The van der Waals surface area contributed by atoms with Gasteiger partial charge >= 0.3 is 5.97 Å². The fraction of sp³-hybridized carbons (Fsp3) is 0.333. The van der Waals surface area contributed by atoms with Gasteiger partial charge in [-0.3, -0.25) is 4.79 Å². The van der Waals surface area contributed by atoms with E-state index in [9.17, 15) is 9.59 Å². The normalized spacial score (nSPS) is 11.9. The maximum Gasteiger partial charge on any atom is 0.328 e. The van der Waals surface area contributed by atoms with Crippen molar-refractivity contribution < 1.29 is 19.4 Å². The van der Waals surface area contributed by atoms with Crippen molar-refractivity contribution in [1.29, 1.82) is 0 Å². The molecule has 5 nitrogen and oxygen atoms in total. The number of halogens is 1. The lowest BCUT2D eigenvalue weighted by Crippen LogP contribution is -2.42. The summed E-state index contributed by atoms with van der Waals surface area (Å²) < 4.78 is 6.24. The maximum atomic E-state index is 10.8. The third-order valence-corrected chi connectivity index (χ3v) is 2.67. The zero-order valence-corrected chi connectivity index (χ0v) is 11.4. The number of carboxylic acids is 1. The Hall–Kier alpha value is -1.40. The Morgan fingerprint density at radius 3 is 2.50 bits per heavy atom. The second-order valence-corrected chi connectivity index (χ2v) is 4.65. The maximum absolute atomic E-state index is 10.8. The van der Waals surface area contributed by atoms with Crippen molar-refractivity contribution in [2.75, 3.05) is 6.61 Å². The lowest BCUT2D eigenvalue weighted by atomic mass is 10.2. The molecule has 0 saturated heterocycles. The van der Waals surface area contributed by atoms with Crippen LogP contribution in [0.5, 0.6) is 0 Å². The minimum absolute atomic E-state index is 0.0645. The van der Waals surface area contributed by atoms with Crippen LogP contribution >= 0.6 is 15.9 Å². The van der Waals surface area contributed by atoms with Gasteiger partial charge in [-0.15, -0.1) is 0 Å². The molecule has 0 aliphatic heterocycles.